The molecule has 2 amide bonds. The van der Waals surface area contributed by atoms with Crippen LogP contribution >= 0.6 is 0 Å². The molecule has 0 aliphatic heterocycles. The molecular formula is C15H22N2O2. The smallest absolute Gasteiger partial charge is 0.321 e. The van der Waals surface area contributed by atoms with Gasteiger partial charge in [0.2, 0.25) is 0 Å². The first-order chi connectivity index (χ1) is 9.17. The summed E-state index contributed by atoms with van der Waals surface area (Å²) in [6.07, 6.45) is 2.62. The van der Waals surface area contributed by atoms with Gasteiger partial charge >= 0.3 is 6.03 Å². The predicted octanol–water partition coefficient (Wildman–Crippen LogP) is 2.50. The maximum absolute atomic E-state index is 12.0. The van der Waals surface area contributed by atoms with Crippen LogP contribution in [0.15, 0.2) is 42.1 Å². The van der Waals surface area contributed by atoms with Gasteiger partial charge in [0.15, 0.2) is 0 Å². The van der Waals surface area contributed by atoms with Crippen molar-refractivity contribution in [2.75, 3.05) is 13.2 Å². The Morgan fingerprint density at radius 2 is 2.05 bits per heavy atom. The van der Waals surface area contributed by atoms with Gasteiger partial charge < -0.3 is 15.3 Å². The number of rotatable bonds is 6. The Morgan fingerprint density at radius 3 is 2.63 bits per heavy atom. The topological polar surface area (TPSA) is 52.6 Å². The highest BCUT2D eigenvalue weighted by molar-refractivity contribution is 5.75. The molecule has 4 nitrogen and oxygen atoms in total. The number of benzene rings is 1. The molecule has 0 atom stereocenters. The van der Waals surface area contributed by atoms with Crippen molar-refractivity contribution in [2.24, 2.45) is 0 Å². The van der Waals surface area contributed by atoms with Crippen LogP contribution in [0.25, 0.3) is 0 Å². The second-order valence-corrected chi connectivity index (χ2v) is 4.42. The summed E-state index contributed by atoms with van der Waals surface area (Å²) in [4.78, 5) is 13.6. The second-order valence-electron chi connectivity index (χ2n) is 4.42. The lowest BCUT2D eigenvalue weighted by Gasteiger charge is -2.21. The Morgan fingerprint density at radius 1 is 1.37 bits per heavy atom. The molecule has 4 heteroatoms. The molecule has 0 aliphatic rings. The molecule has 0 saturated carbocycles. The normalized spacial score (nSPS) is 11.2. The maximum atomic E-state index is 12.0. The van der Waals surface area contributed by atoms with E-state index in [1.54, 1.807) is 11.1 Å². The largest absolute Gasteiger partial charge is 0.395 e. The van der Waals surface area contributed by atoms with Crippen LogP contribution in [0.5, 0.6) is 0 Å². The van der Waals surface area contributed by atoms with E-state index in [4.69, 9.17) is 5.11 Å². The number of hydrogen-bond acceptors (Lipinski definition) is 2. The first kappa shape index (κ1) is 15.2. The Bertz CT molecular complexity index is 415. The Hall–Kier alpha value is -1.81. The Labute approximate surface area is 114 Å². The number of urea groups is 1. The number of aliphatic hydroxyl groups excluding tert-OH is 1. The molecule has 1 aromatic rings. The van der Waals surface area contributed by atoms with Crippen LogP contribution in [0.2, 0.25) is 0 Å². The average Bonchev–Trinajstić information content (AvgIpc) is 2.45. The third kappa shape index (κ3) is 5.57. The number of aliphatic hydroxyl groups is 1. The monoisotopic (exact) mass is 262 g/mol. The number of nitrogens with one attached hydrogen (secondary N) is 1. The Kier molecular flexibility index (Phi) is 6.68. The molecule has 0 bridgehead atoms. The molecule has 0 radical (unpaired) electrons. The van der Waals surface area contributed by atoms with Crippen molar-refractivity contribution in [3.05, 3.63) is 47.7 Å². The minimum atomic E-state index is -0.189. The average molecular weight is 262 g/mol. The zero-order chi connectivity index (χ0) is 14.1. The summed E-state index contributed by atoms with van der Waals surface area (Å²) < 4.78 is 0. The van der Waals surface area contributed by atoms with Crippen molar-refractivity contribution < 1.29 is 9.90 Å². The van der Waals surface area contributed by atoms with Gasteiger partial charge in [0.05, 0.1) is 6.61 Å². The highest BCUT2D eigenvalue weighted by atomic mass is 16.3. The zero-order valence-corrected chi connectivity index (χ0v) is 11.6. The summed E-state index contributed by atoms with van der Waals surface area (Å²) in [6.45, 7) is 4.77. The van der Waals surface area contributed by atoms with Crippen molar-refractivity contribution in [3.8, 4) is 0 Å². The Balaban J connectivity index is 2.64. The van der Waals surface area contributed by atoms with E-state index in [1.165, 1.54) is 0 Å². The van der Waals surface area contributed by atoms with Gasteiger partial charge in [-0.2, -0.15) is 0 Å². The van der Waals surface area contributed by atoms with Gasteiger partial charge in [-0.3, -0.25) is 0 Å². The standard InChI is InChI=1S/C15H22N2O2/c1-3-13(2)11-16-15(19)17(9-10-18)12-14-7-5-4-6-8-14/h4-8,11,18H,3,9-10,12H2,1-2H3,(H,16,19)/b13-11+. The summed E-state index contributed by atoms with van der Waals surface area (Å²) in [5, 5.41) is 11.8. The minimum Gasteiger partial charge on any atom is -0.395 e. The zero-order valence-electron chi connectivity index (χ0n) is 11.6. The minimum absolute atomic E-state index is 0.0449. The van der Waals surface area contributed by atoms with Crippen LogP contribution < -0.4 is 5.32 Å². The summed E-state index contributed by atoms with van der Waals surface area (Å²) in [6, 6.07) is 9.55. The van der Waals surface area contributed by atoms with E-state index in [-0.39, 0.29) is 12.6 Å². The molecule has 104 valence electrons. The first-order valence-corrected chi connectivity index (χ1v) is 6.53. The maximum Gasteiger partial charge on any atom is 0.321 e. The van der Waals surface area contributed by atoms with E-state index in [0.29, 0.717) is 13.1 Å². The van der Waals surface area contributed by atoms with E-state index >= 15 is 0 Å². The molecule has 0 spiro atoms. The number of allylic oxidation sites excluding steroid dienone is 1. The van der Waals surface area contributed by atoms with Crippen LogP contribution in [0.4, 0.5) is 4.79 Å². The van der Waals surface area contributed by atoms with E-state index in [9.17, 15) is 4.79 Å². The fraction of sp³-hybridized carbons (Fsp3) is 0.400. The quantitative estimate of drug-likeness (QED) is 0.827. The molecule has 0 aliphatic carbocycles. The van der Waals surface area contributed by atoms with Gasteiger partial charge in [-0.05, 0) is 18.9 Å². The molecule has 0 unspecified atom stereocenters. The van der Waals surface area contributed by atoms with E-state index in [0.717, 1.165) is 17.6 Å². The van der Waals surface area contributed by atoms with Crippen LogP contribution in [0.1, 0.15) is 25.8 Å². The van der Waals surface area contributed by atoms with Crippen molar-refractivity contribution in [1.82, 2.24) is 10.2 Å². The summed E-state index contributed by atoms with van der Waals surface area (Å²) in [7, 11) is 0. The highest BCUT2D eigenvalue weighted by Crippen LogP contribution is 2.05. The van der Waals surface area contributed by atoms with Crippen LogP contribution in [-0.2, 0) is 6.54 Å². The molecule has 0 aromatic heterocycles. The summed E-state index contributed by atoms with van der Waals surface area (Å²) >= 11 is 0. The molecule has 0 heterocycles. The fourth-order valence-electron chi connectivity index (χ4n) is 1.56. The van der Waals surface area contributed by atoms with E-state index in [2.05, 4.69) is 5.32 Å². The SMILES string of the molecule is CC/C(C)=C/NC(=O)N(CCO)Cc1ccccc1. The van der Waals surface area contributed by atoms with Crippen LogP contribution in [-0.4, -0.2) is 29.2 Å². The van der Waals surface area contributed by atoms with Crippen molar-refractivity contribution in [2.45, 2.75) is 26.8 Å². The van der Waals surface area contributed by atoms with Crippen LogP contribution in [0, 0.1) is 0 Å². The van der Waals surface area contributed by atoms with Gasteiger partial charge in [0.25, 0.3) is 0 Å². The van der Waals surface area contributed by atoms with Gasteiger partial charge in [-0.25, -0.2) is 4.79 Å². The lowest BCUT2D eigenvalue weighted by Crippen LogP contribution is -2.39. The second kappa shape index (κ2) is 8.32. The molecule has 19 heavy (non-hydrogen) atoms. The lowest BCUT2D eigenvalue weighted by molar-refractivity contribution is 0.177. The van der Waals surface area contributed by atoms with Gasteiger partial charge in [0, 0.05) is 19.3 Å². The van der Waals surface area contributed by atoms with Crippen molar-refractivity contribution >= 4 is 6.03 Å². The fourth-order valence-corrected chi connectivity index (χ4v) is 1.56. The molecule has 1 aromatic carbocycles. The van der Waals surface area contributed by atoms with Gasteiger partial charge in [-0.1, -0.05) is 42.8 Å². The first-order valence-electron chi connectivity index (χ1n) is 6.53. The van der Waals surface area contributed by atoms with E-state index in [1.807, 2.05) is 44.2 Å². The third-order valence-electron chi connectivity index (χ3n) is 2.87. The third-order valence-corrected chi connectivity index (χ3v) is 2.87. The summed E-state index contributed by atoms with van der Waals surface area (Å²) in [5.74, 6) is 0. The number of carbonyl (C=O) groups excluding carboxylic acids is 1. The molecule has 0 saturated heterocycles. The lowest BCUT2D eigenvalue weighted by atomic mass is 10.2. The number of carbonyl (C=O) groups is 1. The highest BCUT2D eigenvalue weighted by Gasteiger charge is 2.11. The van der Waals surface area contributed by atoms with Crippen molar-refractivity contribution in [3.63, 3.8) is 0 Å². The van der Waals surface area contributed by atoms with E-state index < -0.39 is 0 Å². The molecule has 1 rings (SSSR count). The van der Waals surface area contributed by atoms with Crippen molar-refractivity contribution in [1.29, 1.82) is 0 Å². The number of amides is 2. The van der Waals surface area contributed by atoms with Crippen LogP contribution in [0.3, 0.4) is 0 Å². The molecule has 2 N–H and O–H groups in total. The predicted molar refractivity (Wildman–Crippen MR) is 76.5 cm³/mol. The van der Waals surface area contributed by atoms with Gasteiger partial charge in [-0.15, -0.1) is 0 Å². The molecular weight excluding hydrogens is 240 g/mol. The molecule has 0 fully saturated rings. The number of hydrogen-bond donors (Lipinski definition) is 2. The van der Waals surface area contributed by atoms with Gasteiger partial charge in [0.1, 0.15) is 0 Å². The summed E-state index contributed by atoms with van der Waals surface area (Å²) in [5.41, 5.74) is 2.15. The number of nitrogens with zero attached hydrogens (tertiary/aromatic N) is 1.